The van der Waals surface area contributed by atoms with Gasteiger partial charge in [0.1, 0.15) is 0 Å². The molecule has 0 fully saturated rings. The Labute approximate surface area is 93.9 Å². The average molecular weight is 293 g/mol. The Morgan fingerprint density at radius 1 is 1.50 bits per heavy atom. The Kier molecular flexibility index (Phi) is 2.93. The van der Waals surface area contributed by atoms with Crippen LogP contribution >= 0.6 is 11.3 Å². The normalized spacial score (nSPS) is 18.2. The molecule has 1 nitrogen and oxygen atoms in total. The number of H-pyrrole nitrogens is 1. The summed E-state index contributed by atoms with van der Waals surface area (Å²) in [6.45, 7) is 4.52. The Morgan fingerprint density at radius 3 is 3.00 bits per heavy atom. The van der Waals surface area contributed by atoms with Crippen molar-refractivity contribution >= 4 is 17.4 Å². The van der Waals surface area contributed by atoms with E-state index in [0.717, 1.165) is 6.42 Å². The molecule has 0 unspecified atom stereocenters. The SMILES string of the molecule is CC1(C)C=Cc2sc[nH+]c2C1.[I-]. The molecule has 0 aromatic carbocycles. The van der Waals surface area contributed by atoms with Crippen LogP contribution in [-0.2, 0) is 6.42 Å². The molecule has 1 N–H and O–H groups in total. The Bertz CT molecular complexity index is 301. The third-order valence-electron chi connectivity index (χ3n) is 2.03. The Hall–Kier alpha value is 0.100. The molecule has 2 rings (SSSR count). The van der Waals surface area contributed by atoms with E-state index in [-0.39, 0.29) is 24.0 Å². The fraction of sp³-hybridized carbons (Fsp3) is 0.444. The van der Waals surface area contributed by atoms with E-state index in [4.69, 9.17) is 0 Å². The van der Waals surface area contributed by atoms with Crippen LogP contribution in [0, 0.1) is 5.41 Å². The van der Waals surface area contributed by atoms with Gasteiger partial charge in [0.25, 0.3) is 0 Å². The number of aromatic amines is 1. The summed E-state index contributed by atoms with van der Waals surface area (Å²) in [5, 5.41) is 0. The number of halogens is 1. The summed E-state index contributed by atoms with van der Waals surface area (Å²) in [6.07, 6.45) is 5.65. The molecule has 1 aromatic heterocycles. The van der Waals surface area contributed by atoms with Crippen LogP contribution < -0.4 is 29.0 Å². The lowest BCUT2D eigenvalue weighted by atomic mass is 9.84. The predicted octanol–water partition coefficient (Wildman–Crippen LogP) is -0.838. The topological polar surface area (TPSA) is 14.1 Å². The van der Waals surface area contributed by atoms with Gasteiger partial charge in [0.15, 0.2) is 5.69 Å². The van der Waals surface area contributed by atoms with Crippen LogP contribution in [0.2, 0.25) is 0 Å². The van der Waals surface area contributed by atoms with Gasteiger partial charge >= 0.3 is 0 Å². The molecular weight excluding hydrogens is 281 g/mol. The molecule has 0 bridgehead atoms. The lowest BCUT2D eigenvalue weighted by Crippen LogP contribution is -3.00. The number of thiazole rings is 1. The van der Waals surface area contributed by atoms with Gasteiger partial charge in [-0.3, -0.25) is 0 Å². The molecule has 1 aliphatic rings. The van der Waals surface area contributed by atoms with Crippen LogP contribution in [0.1, 0.15) is 24.4 Å². The van der Waals surface area contributed by atoms with Crippen molar-refractivity contribution in [1.29, 1.82) is 0 Å². The Morgan fingerprint density at radius 2 is 2.25 bits per heavy atom. The Balaban J connectivity index is 0.000000720. The van der Waals surface area contributed by atoms with E-state index < -0.39 is 0 Å². The van der Waals surface area contributed by atoms with Crippen molar-refractivity contribution in [2.45, 2.75) is 20.3 Å². The quantitative estimate of drug-likeness (QED) is 0.554. The molecule has 3 heteroatoms. The average Bonchev–Trinajstić information content (AvgIpc) is 2.31. The van der Waals surface area contributed by atoms with Crippen molar-refractivity contribution < 1.29 is 29.0 Å². The molecular formula is C9H12INS. The number of hydrogen-bond donors (Lipinski definition) is 0. The van der Waals surface area contributed by atoms with E-state index in [2.05, 4.69) is 36.5 Å². The van der Waals surface area contributed by atoms with Crippen molar-refractivity contribution in [2.75, 3.05) is 0 Å². The predicted molar refractivity (Wildman–Crippen MR) is 47.4 cm³/mol. The number of aromatic nitrogens is 1. The van der Waals surface area contributed by atoms with E-state index in [9.17, 15) is 0 Å². The molecule has 66 valence electrons. The molecule has 0 atom stereocenters. The molecule has 1 aromatic rings. The van der Waals surface area contributed by atoms with Gasteiger partial charge in [-0.2, -0.15) is 0 Å². The van der Waals surface area contributed by atoms with E-state index >= 15 is 0 Å². The number of allylic oxidation sites excluding steroid dienone is 1. The van der Waals surface area contributed by atoms with Gasteiger partial charge in [0.05, 0.1) is 4.88 Å². The summed E-state index contributed by atoms with van der Waals surface area (Å²) in [4.78, 5) is 4.67. The number of hydrogen-bond acceptors (Lipinski definition) is 1. The maximum atomic E-state index is 3.28. The first-order chi connectivity index (χ1) is 5.17. The minimum atomic E-state index is 0. The standard InChI is InChI=1S/C9H11NS.HI/c1-9(2)4-3-8-7(5-9)10-6-11-8;/h3-4,6H,5H2,1-2H3;1H. The largest absolute Gasteiger partial charge is 1.00 e. The second-order valence-electron chi connectivity index (χ2n) is 3.72. The number of fused-ring (bicyclic) bond motifs is 1. The highest BCUT2D eigenvalue weighted by atomic mass is 127. The zero-order valence-corrected chi connectivity index (χ0v) is 10.2. The molecule has 0 aliphatic heterocycles. The van der Waals surface area contributed by atoms with Crippen LogP contribution in [-0.4, -0.2) is 0 Å². The highest BCUT2D eigenvalue weighted by Gasteiger charge is 2.25. The lowest BCUT2D eigenvalue weighted by Gasteiger charge is -2.19. The summed E-state index contributed by atoms with van der Waals surface area (Å²) in [6, 6.07) is 0. The van der Waals surface area contributed by atoms with Crippen LogP contribution in [0.4, 0.5) is 0 Å². The molecule has 0 saturated heterocycles. The maximum absolute atomic E-state index is 3.28. The van der Waals surface area contributed by atoms with Crippen molar-refractivity contribution in [2.24, 2.45) is 5.41 Å². The van der Waals surface area contributed by atoms with E-state index in [0.29, 0.717) is 5.41 Å². The van der Waals surface area contributed by atoms with Gasteiger partial charge in [0.2, 0.25) is 5.51 Å². The van der Waals surface area contributed by atoms with Crippen molar-refractivity contribution in [3.63, 3.8) is 0 Å². The van der Waals surface area contributed by atoms with Crippen molar-refractivity contribution in [1.82, 2.24) is 0 Å². The first-order valence-corrected chi connectivity index (χ1v) is 4.73. The van der Waals surface area contributed by atoms with Gasteiger partial charge in [-0.15, -0.1) is 0 Å². The zero-order valence-electron chi connectivity index (χ0n) is 7.23. The minimum Gasteiger partial charge on any atom is -1.00 e. The summed E-state index contributed by atoms with van der Waals surface area (Å²) >= 11 is 1.78. The minimum absolute atomic E-state index is 0. The van der Waals surface area contributed by atoms with Crippen LogP contribution in [0.5, 0.6) is 0 Å². The highest BCUT2D eigenvalue weighted by molar-refractivity contribution is 7.10. The number of nitrogens with one attached hydrogen (secondary N) is 1. The maximum Gasteiger partial charge on any atom is 0.223 e. The van der Waals surface area contributed by atoms with E-state index in [1.54, 1.807) is 11.3 Å². The molecule has 0 amide bonds. The number of rotatable bonds is 0. The molecule has 0 saturated carbocycles. The summed E-state index contributed by atoms with van der Waals surface area (Å²) in [5.41, 5.74) is 3.78. The van der Waals surface area contributed by atoms with Gasteiger partial charge in [0, 0.05) is 6.42 Å². The van der Waals surface area contributed by atoms with Crippen LogP contribution in [0.15, 0.2) is 11.6 Å². The van der Waals surface area contributed by atoms with Crippen molar-refractivity contribution in [3.05, 3.63) is 22.2 Å². The third kappa shape index (κ3) is 1.88. The van der Waals surface area contributed by atoms with Gasteiger partial charge in [-0.05, 0) is 11.5 Å². The monoisotopic (exact) mass is 293 g/mol. The van der Waals surface area contributed by atoms with Gasteiger partial charge < -0.3 is 24.0 Å². The highest BCUT2D eigenvalue weighted by Crippen LogP contribution is 2.30. The first-order valence-electron chi connectivity index (χ1n) is 3.85. The lowest BCUT2D eigenvalue weighted by molar-refractivity contribution is -0.384. The fourth-order valence-corrected chi connectivity index (χ4v) is 2.15. The molecule has 0 spiro atoms. The summed E-state index contributed by atoms with van der Waals surface area (Å²) in [7, 11) is 0. The third-order valence-corrected chi connectivity index (χ3v) is 2.91. The first kappa shape index (κ1) is 10.2. The van der Waals surface area contributed by atoms with Gasteiger partial charge in [-0.25, -0.2) is 4.98 Å². The molecule has 1 heterocycles. The fourth-order valence-electron chi connectivity index (χ4n) is 1.40. The molecule has 12 heavy (non-hydrogen) atoms. The van der Waals surface area contributed by atoms with Gasteiger partial charge in [-0.1, -0.05) is 31.3 Å². The van der Waals surface area contributed by atoms with Crippen molar-refractivity contribution in [3.8, 4) is 0 Å². The van der Waals surface area contributed by atoms with Crippen LogP contribution in [0.3, 0.4) is 0 Å². The van der Waals surface area contributed by atoms with Crippen LogP contribution in [0.25, 0.3) is 6.08 Å². The smallest absolute Gasteiger partial charge is 0.223 e. The molecule has 1 aliphatic carbocycles. The summed E-state index contributed by atoms with van der Waals surface area (Å²) < 4.78 is 0. The van der Waals surface area contributed by atoms with E-state index in [1.807, 2.05) is 0 Å². The summed E-state index contributed by atoms with van der Waals surface area (Å²) in [5.74, 6) is 0. The second-order valence-corrected chi connectivity index (χ2v) is 4.63. The second kappa shape index (κ2) is 3.46. The zero-order chi connectivity index (χ0) is 7.90. The molecule has 0 radical (unpaired) electrons. The van der Waals surface area contributed by atoms with E-state index in [1.165, 1.54) is 10.6 Å².